The van der Waals surface area contributed by atoms with E-state index in [1.165, 1.54) is 43.8 Å². The van der Waals surface area contributed by atoms with E-state index in [9.17, 15) is 0 Å². The van der Waals surface area contributed by atoms with Crippen molar-refractivity contribution >= 4 is 38.1 Å². The molecule has 6 aromatic rings. The number of benzene rings is 3. The van der Waals surface area contributed by atoms with E-state index in [4.69, 9.17) is 4.98 Å². The molecule has 0 amide bonds. The first-order valence-corrected chi connectivity index (χ1v) is 9.84. The molecule has 0 atom stereocenters. The molecule has 0 aliphatic carbocycles. The summed E-state index contributed by atoms with van der Waals surface area (Å²) in [6.45, 7) is 4.35. The molecule has 0 unspecified atom stereocenters. The van der Waals surface area contributed by atoms with Gasteiger partial charge in [0.15, 0.2) is 0 Å². The lowest BCUT2D eigenvalue weighted by Crippen LogP contribution is -1.96. The van der Waals surface area contributed by atoms with Gasteiger partial charge in [-0.25, -0.2) is 4.98 Å². The first-order valence-electron chi connectivity index (χ1n) is 9.84. The number of hydrogen-bond acceptors (Lipinski definition) is 2. The van der Waals surface area contributed by atoms with Gasteiger partial charge in [0.1, 0.15) is 5.65 Å². The van der Waals surface area contributed by atoms with Gasteiger partial charge >= 0.3 is 0 Å². The predicted molar refractivity (Wildman–Crippen MR) is 120 cm³/mol. The number of hydrogen-bond donors (Lipinski definition) is 0. The van der Waals surface area contributed by atoms with Crippen molar-refractivity contribution in [2.24, 2.45) is 0 Å². The van der Waals surface area contributed by atoms with Crippen molar-refractivity contribution in [3.8, 4) is 11.3 Å². The number of aromatic nitrogens is 3. The maximum atomic E-state index is 4.89. The van der Waals surface area contributed by atoms with E-state index in [1.807, 2.05) is 18.6 Å². The molecule has 3 aromatic heterocycles. The van der Waals surface area contributed by atoms with Crippen LogP contribution in [0.4, 0.5) is 0 Å². The zero-order chi connectivity index (χ0) is 19.5. The standard InChI is InChI=1S/C26H19N3/c1-16-6-5-7-17(2)25(16)24-15-28-26-21-9-4-3-8-20(21)22-12-19-14-27-11-10-18(19)13-23(22)29(24)26/h3-15H,1-2H3. The topological polar surface area (TPSA) is 30.2 Å². The van der Waals surface area contributed by atoms with Gasteiger partial charge in [-0.1, -0.05) is 42.5 Å². The Morgan fingerprint density at radius 2 is 1.52 bits per heavy atom. The van der Waals surface area contributed by atoms with Crippen LogP contribution < -0.4 is 0 Å². The van der Waals surface area contributed by atoms with Crippen LogP contribution in [0.5, 0.6) is 0 Å². The molecule has 138 valence electrons. The van der Waals surface area contributed by atoms with E-state index in [0.29, 0.717) is 0 Å². The Kier molecular flexibility index (Phi) is 3.30. The molecule has 0 saturated heterocycles. The number of imidazole rings is 1. The average Bonchev–Trinajstić information content (AvgIpc) is 3.18. The van der Waals surface area contributed by atoms with Crippen LogP contribution >= 0.6 is 0 Å². The van der Waals surface area contributed by atoms with Crippen LogP contribution in [0, 0.1) is 13.8 Å². The first-order chi connectivity index (χ1) is 14.2. The highest BCUT2D eigenvalue weighted by atomic mass is 15.0. The van der Waals surface area contributed by atoms with Crippen molar-refractivity contribution in [1.82, 2.24) is 14.4 Å². The second-order valence-corrected chi connectivity index (χ2v) is 7.71. The van der Waals surface area contributed by atoms with E-state index >= 15 is 0 Å². The van der Waals surface area contributed by atoms with Gasteiger partial charge in [0.05, 0.1) is 17.4 Å². The van der Waals surface area contributed by atoms with Crippen molar-refractivity contribution in [2.75, 3.05) is 0 Å². The minimum Gasteiger partial charge on any atom is -0.292 e. The van der Waals surface area contributed by atoms with Gasteiger partial charge in [-0.2, -0.15) is 0 Å². The summed E-state index contributed by atoms with van der Waals surface area (Å²) in [6.07, 6.45) is 5.81. The molecular weight excluding hydrogens is 354 g/mol. The lowest BCUT2D eigenvalue weighted by Gasteiger charge is -2.14. The van der Waals surface area contributed by atoms with E-state index in [1.54, 1.807) is 0 Å². The minimum atomic E-state index is 0.999. The predicted octanol–water partition coefficient (Wildman–Crippen LogP) is 6.47. The van der Waals surface area contributed by atoms with Crippen LogP contribution in [0.1, 0.15) is 11.1 Å². The number of fused-ring (bicyclic) bond motifs is 7. The van der Waals surface area contributed by atoms with Crippen molar-refractivity contribution in [3.05, 3.63) is 90.4 Å². The number of pyridine rings is 2. The molecule has 0 aliphatic heterocycles. The van der Waals surface area contributed by atoms with Crippen LogP contribution in [-0.4, -0.2) is 14.4 Å². The summed E-state index contributed by atoms with van der Waals surface area (Å²) in [7, 11) is 0. The second-order valence-electron chi connectivity index (χ2n) is 7.71. The molecule has 29 heavy (non-hydrogen) atoms. The number of nitrogens with zero attached hydrogens (tertiary/aromatic N) is 3. The van der Waals surface area contributed by atoms with Gasteiger partial charge in [0, 0.05) is 34.1 Å². The van der Waals surface area contributed by atoms with Gasteiger partial charge in [-0.15, -0.1) is 0 Å². The molecule has 0 bridgehead atoms. The molecule has 0 N–H and O–H groups in total. The number of aryl methyl sites for hydroxylation is 2. The summed E-state index contributed by atoms with van der Waals surface area (Å²) in [5, 5.41) is 5.95. The van der Waals surface area contributed by atoms with Gasteiger partial charge < -0.3 is 0 Å². The molecule has 3 heterocycles. The summed E-state index contributed by atoms with van der Waals surface area (Å²) in [4.78, 5) is 9.21. The lowest BCUT2D eigenvalue weighted by atomic mass is 9.99. The smallest absolute Gasteiger partial charge is 0.145 e. The molecule has 0 radical (unpaired) electrons. The fraction of sp³-hybridized carbons (Fsp3) is 0.0769. The Hall–Kier alpha value is -3.72. The maximum Gasteiger partial charge on any atom is 0.145 e. The van der Waals surface area contributed by atoms with Crippen LogP contribution in [0.3, 0.4) is 0 Å². The van der Waals surface area contributed by atoms with Crippen molar-refractivity contribution in [1.29, 1.82) is 0 Å². The van der Waals surface area contributed by atoms with Crippen LogP contribution in [-0.2, 0) is 0 Å². The average molecular weight is 373 g/mol. The van der Waals surface area contributed by atoms with Gasteiger partial charge in [0.2, 0.25) is 0 Å². The third kappa shape index (κ3) is 2.24. The van der Waals surface area contributed by atoms with E-state index < -0.39 is 0 Å². The third-order valence-corrected chi connectivity index (χ3v) is 5.95. The van der Waals surface area contributed by atoms with Crippen LogP contribution in [0.25, 0.3) is 49.4 Å². The van der Waals surface area contributed by atoms with E-state index in [0.717, 1.165) is 16.7 Å². The first kappa shape index (κ1) is 16.3. The number of rotatable bonds is 1. The molecule has 0 aliphatic rings. The molecule has 3 aromatic carbocycles. The zero-order valence-electron chi connectivity index (χ0n) is 16.3. The Morgan fingerprint density at radius 3 is 2.34 bits per heavy atom. The van der Waals surface area contributed by atoms with Gasteiger partial charge in [-0.05, 0) is 53.9 Å². The lowest BCUT2D eigenvalue weighted by molar-refractivity contribution is 1.25. The Bertz CT molecular complexity index is 1550. The quantitative estimate of drug-likeness (QED) is 0.244. The molecular formula is C26H19N3. The Morgan fingerprint density at radius 1 is 0.724 bits per heavy atom. The molecule has 3 nitrogen and oxygen atoms in total. The monoisotopic (exact) mass is 373 g/mol. The van der Waals surface area contributed by atoms with Gasteiger partial charge in [0.25, 0.3) is 0 Å². The molecule has 6 rings (SSSR count). The Labute approximate surface area is 168 Å². The van der Waals surface area contributed by atoms with E-state index in [2.05, 4.69) is 83.9 Å². The normalized spacial score (nSPS) is 11.8. The van der Waals surface area contributed by atoms with Crippen LogP contribution in [0.15, 0.2) is 79.3 Å². The van der Waals surface area contributed by atoms with Crippen molar-refractivity contribution in [3.63, 3.8) is 0 Å². The largest absolute Gasteiger partial charge is 0.292 e. The van der Waals surface area contributed by atoms with Crippen molar-refractivity contribution < 1.29 is 0 Å². The molecule has 0 saturated carbocycles. The highest BCUT2D eigenvalue weighted by Gasteiger charge is 2.17. The Balaban J connectivity index is 1.90. The third-order valence-electron chi connectivity index (χ3n) is 5.95. The summed E-state index contributed by atoms with van der Waals surface area (Å²) in [6, 6.07) is 21.6. The zero-order valence-corrected chi connectivity index (χ0v) is 16.3. The van der Waals surface area contributed by atoms with Crippen LogP contribution in [0.2, 0.25) is 0 Å². The molecule has 3 heteroatoms. The fourth-order valence-electron chi connectivity index (χ4n) is 4.62. The summed E-state index contributed by atoms with van der Waals surface area (Å²) in [5.74, 6) is 0. The summed E-state index contributed by atoms with van der Waals surface area (Å²) in [5.41, 5.74) is 7.09. The van der Waals surface area contributed by atoms with Gasteiger partial charge in [-0.3, -0.25) is 9.38 Å². The minimum absolute atomic E-state index is 0.999. The highest BCUT2D eigenvalue weighted by molar-refractivity contribution is 6.15. The second kappa shape index (κ2) is 5.89. The summed E-state index contributed by atoms with van der Waals surface area (Å²) < 4.78 is 2.33. The molecule has 0 fully saturated rings. The summed E-state index contributed by atoms with van der Waals surface area (Å²) >= 11 is 0. The van der Waals surface area contributed by atoms with Crippen molar-refractivity contribution in [2.45, 2.75) is 13.8 Å². The fourth-order valence-corrected chi connectivity index (χ4v) is 4.62. The SMILES string of the molecule is Cc1cccc(C)c1-c1cnc2c3ccccc3c3cc4cnccc4cc3n12. The highest BCUT2D eigenvalue weighted by Crippen LogP contribution is 2.36. The molecule has 0 spiro atoms. The maximum absolute atomic E-state index is 4.89. The van der Waals surface area contributed by atoms with E-state index in [-0.39, 0.29) is 0 Å².